The number of ether oxygens (including phenoxy) is 1. The van der Waals surface area contributed by atoms with Gasteiger partial charge in [0.05, 0.1) is 7.11 Å². The van der Waals surface area contributed by atoms with Crippen LogP contribution in [0.2, 0.25) is 0 Å². The molecule has 0 saturated heterocycles. The number of benzene rings is 1. The Bertz CT molecular complexity index is 328. The van der Waals surface area contributed by atoms with Crippen LogP contribution in [0.3, 0.4) is 0 Å². The summed E-state index contributed by atoms with van der Waals surface area (Å²) in [5.74, 6) is -0.410. The number of hydrogen-bond donors (Lipinski definition) is 2. The van der Waals surface area contributed by atoms with Gasteiger partial charge in [-0.15, -0.1) is 0 Å². The van der Waals surface area contributed by atoms with Crippen LogP contribution in [0.25, 0.3) is 0 Å². The monoisotopic (exact) mass is 198 g/mol. The number of hydrogen-bond acceptors (Lipinski definition) is 3. The van der Waals surface area contributed by atoms with Crippen LogP contribution in [-0.2, 0) is 6.42 Å². The molecular formula is C9H12BFO3. The van der Waals surface area contributed by atoms with E-state index in [4.69, 9.17) is 14.8 Å². The van der Waals surface area contributed by atoms with Gasteiger partial charge in [-0.25, -0.2) is 4.39 Å². The van der Waals surface area contributed by atoms with E-state index in [0.717, 1.165) is 0 Å². The Morgan fingerprint density at radius 1 is 1.43 bits per heavy atom. The molecule has 1 aromatic carbocycles. The quantitative estimate of drug-likeness (QED) is 0.676. The minimum absolute atomic E-state index is 0.117. The van der Waals surface area contributed by atoms with Crippen LogP contribution in [0, 0.1) is 5.82 Å². The fourth-order valence-corrected chi connectivity index (χ4v) is 1.37. The molecule has 0 saturated carbocycles. The number of rotatable bonds is 3. The summed E-state index contributed by atoms with van der Waals surface area (Å²) in [5.41, 5.74) is 0.463. The van der Waals surface area contributed by atoms with Gasteiger partial charge in [0.15, 0.2) is 11.6 Å². The van der Waals surface area contributed by atoms with Crippen LogP contribution < -0.4 is 10.2 Å². The normalized spacial score (nSPS) is 10.1. The Morgan fingerprint density at radius 3 is 2.50 bits per heavy atom. The molecule has 0 amide bonds. The van der Waals surface area contributed by atoms with Crippen LogP contribution in [0.4, 0.5) is 4.39 Å². The van der Waals surface area contributed by atoms with Gasteiger partial charge in [0.2, 0.25) is 0 Å². The molecule has 0 unspecified atom stereocenters. The first-order valence-corrected chi connectivity index (χ1v) is 4.33. The molecular weight excluding hydrogens is 186 g/mol. The third kappa shape index (κ3) is 1.88. The average molecular weight is 198 g/mol. The second-order valence-corrected chi connectivity index (χ2v) is 2.88. The maximum absolute atomic E-state index is 13.5. The predicted octanol–water partition coefficient (Wildman–Crippen LogP) is 0.0765. The third-order valence-corrected chi connectivity index (χ3v) is 2.10. The lowest BCUT2D eigenvalue weighted by atomic mass is 9.76. The largest absolute Gasteiger partial charge is 0.494 e. The van der Waals surface area contributed by atoms with Crippen molar-refractivity contribution in [1.29, 1.82) is 0 Å². The lowest BCUT2D eigenvalue weighted by Gasteiger charge is -2.10. The van der Waals surface area contributed by atoms with Crippen molar-refractivity contribution in [2.45, 2.75) is 13.3 Å². The van der Waals surface area contributed by atoms with E-state index < -0.39 is 12.9 Å². The molecule has 1 rings (SSSR count). The van der Waals surface area contributed by atoms with Gasteiger partial charge in [-0.1, -0.05) is 13.0 Å². The highest BCUT2D eigenvalue weighted by atomic mass is 19.1. The topological polar surface area (TPSA) is 49.7 Å². The van der Waals surface area contributed by atoms with Crippen molar-refractivity contribution >= 4 is 12.6 Å². The molecule has 14 heavy (non-hydrogen) atoms. The molecule has 0 heterocycles. The first-order chi connectivity index (χ1) is 6.61. The smallest absolute Gasteiger partial charge is 0.488 e. The van der Waals surface area contributed by atoms with Crippen molar-refractivity contribution in [2.24, 2.45) is 0 Å². The zero-order chi connectivity index (χ0) is 10.7. The van der Waals surface area contributed by atoms with Crippen molar-refractivity contribution in [2.75, 3.05) is 7.11 Å². The number of halogens is 1. The van der Waals surface area contributed by atoms with Gasteiger partial charge >= 0.3 is 7.12 Å². The van der Waals surface area contributed by atoms with E-state index in [1.54, 1.807) is 6.92 Å². The van der Waals surface area contributed by atoms with Gasteiger partial charge in [-0.2, -0.15) is 0 Å². The summed E-state index contributed by atoms with van der Waals surface area (Å²) in [7, 11) is -0.280. The summed E-state index contributed by atoms with van der Waals surface area (Å²) in [6.07, 6.45) is 0.385. The van der Waals surface area contributed by atoms with Crippen LogP contribution in [0.1, 0.15) is 12.5 Å². The molecule has 0 aromatic heterocycles. The lowest BCUT2D eigenvalue weighted by molar-refractivity contribution is 0.384. The maximum atomic E-state index is 13.5. The molecule has 76 valence electrons. The summed E-state index contributed by atoms with van der Waals surface area (Å²) in [6.45, 7) is 1.74. The first kappa shape index (κ1) is 11.0. The predicted molar refractivity (Wildman–Crippen MR) is 52.2 cm³/mol. The fourth-order valence-electron chi connectivity index (χ4n) is 1.37. The summed E-state index contributed by atoms with van der Waals surface area (Å²) in [4.78, 5) is 0. The minimum atomic E-state index is -1.65. The molecule has 0 radical (unpaired) electrons. The molecule has 0 bridgehead atoms. The molecule has 2 N–H and O–H groups in total. The van der Waals surface area contributed by atoms with E-state index in [1.165, 1.54) is 19.2 Å². The summed E-state index contributed by atoms with van der Waals surface area (Å²) >= 11 is 0. The van der Waals surface area contributed by atoms with Gasteiger partial charge in [0.25, 0.3) is 0 Å². The highest BCUT2D eigenvalue weighted by Crippen LogP contribution is 2.19. The second kappa shape index (κ2) is 4.44. The van der Waals surface area contributed by atoms with Gasteiger partial charge < -0.3 is 14.8 Å². The van der Waals surface area contributed by atoms with Crippen LogP contribution in [0.5, 0.6) is 5.75 Å². The van der Waals surface area contributed by atoms with Gasteiger partial charge in [0, 0.05) is 0 Å². The van der Waals surface area contributed by atoms with Crippen LogP contribution >= 0.6 is 0 Å². The SMILES string of the molecule is CCc1c(B(O)O)ccc(OC)c1F. The zero-order valence-electron chi connectivity index (χ0n) is 8.12. The summed E-state index contributed by atoms with van der Waals surface area (Å²) in [5, 5.41) is 17.9. The van der Waals surface area contributed by atoms with Crippen molar-refractivity contribution in [3.8, 4) is 5.75 Å². The molecule has 0 atom stereocenters. The molecule has 5 heteroatoms. The molecule has 1 aromatic rings. The standard InChI is InChI=1S/C9H12BFO3/c1-3-6-7(10(12)13)4-5-8(14-2)9(6)11/h4-5,12-13H,3H2,1-2H3. The number of methoxy groups -OCH3 is 1. The summed E-state index contributed by atoms with van der Waals surface area (Å²) in [6, 6.07) is 2.83. The van der Waals surface area contributed by atoms with Crippen LogP contribution in [-0.4, -0.2) is 24.3 Å². The van der Waals surface area contributed by atoms with Crippen molar-refractivity contribution in [3.05, 3.63) is 23.5 Å². The Hall–Kier alpha value is -1.07. The maximum Gasteiger partial charge on any atom is 0.488 e. The van der Waals surface area contributed by atoms with Crippen molar-refractivity contribution < 1.29 is 19.2 Å². The third-order valence-electron chi connectivity index (χ3n) is 2.10. The minimum Gasteiger partial charge on any atom is -0.494 e. The van der Waals surface area contributed by atoms with Gasteiger partial charge in [0.1, 0.15) is 0 Å². The molecule has 0 aliphatic carbocycles. The molecule has 0 fully saturated rings. The van der Waals surface area contributed by atoms with E-state index >= 15 is 0 Å². The first-order valence-electron chi connectivity index (χ1n) is 4.33. The Kier molecular flexibility index (Phi) is 3.49. The second-order valence-electron chi connectivity index (χ2n) is 2.88. The molecule has 0 spiro atoms. The van der Waals surface area contributed by atoms with Crippen LogP contribution in [0.15, 0.2) is 12.1 Å². The zero-order valence-corrected chi connectivity index (χ0v) is 8.12. The average Bonchev–Trinajstić information content (AvgIpc) is 2.17. The fraction of sp³-hybridized carbons (Fsp3) is 0.333. The van der Waals surface area contributed by atoms with E-state index in [0.29, 0.717) is 6.42 Å². The van der Waals surface area contributed by atoms with E-state index in [9.17, 15) is 4.39 Å². The molecule has 0 aliphatic rings. The van der Waals surface area contributed by atoms with Crippen molar-refractivity contribution in [1.82, 2.24) is 0 Å². The van der Waals surface area contributed by atoms with Gasteiger partial charge in [-0.3, -0.25) is 0 Å². The summed E-state index contributed by atoms with van der Waals surface area (Å²) < 4.78 is 18.3. The van der Waals surface area contributed by atoms with Crippen molar-refractivity contribution in [3.63, 3.8) is 0 Å². The molecule has 3 nitrogen and oxygen atoms in total. The Morgan fingerprint density at radius 2 is 2.07 bits per heavy atom. The van der Waals surface area contributed by atoms with E-state index in [2.05, 4.69) is 0 Å². The lowest BCUT2D eigenvalue weighted by Crippen LogP contribution is -2.33. The highest BCUT2D eigenvalue weighted by Gasteiger charge is 2.20. The van der Waals surface area contributed by atoms with E-state index in [1.807, 2.05) is 0 Å². The van der Waals surface area contributed by atoms with E-state index in [-0.39, 0.29) is 16.8 Å². The van der Waals surface area contributed by atoms with Gasteiger partial charge in [-0.05, 0) is 23.5 Å². The Balaban J connectivity index is 3.28. The molecule has 0 aliphatic heterocycles. The highest BCUT2D eigenvalue weighted by molar-refractivity contribution is 6.59. The Labute approximate surface area is 82.3 Å².